The molecule has 0 amide bonds. The Morgan fingerprint density at radius 1 is 0.411 bits per heavy atom. The van der Waals surface area contributed by atoms with Crippen molar-refractivity contribution in [1.82, 2.24) is 20.5 Å². The van der Waals surface area contributed by atoms with Gasteiger partial charge in [0.1, 0.15) is 6.29 Å². The highest BCUT2D eigenvalue weighted by Gasteiger charge is 2.47. The van der Waals surface area contributed by atoms with Crippen LogP contribution < -0.4 is 16.0 Å². The fourth-order valence-electron chi connectivity index (χ4n) is 9.61. The largest absolute Gasteiger partial charge is 0.311 e. The van der Waals surface area contributed by atoms with Crippen molar-refractivity contribution in [2.24, 2.45) is 0 Å². The second-order valence-corrected chi connectivity index (χ2v) is 15.0. The third-order valence-electron chi connectivity index (χ3n) is 12.0. The van der Waals surface area contributed by atoms with Crippen LogP contribution in [0.5, 0.6) is 0 Å². The first-order valence-corrected chi connectivity index (χ1v) is 19.5. The lowest BCUT2D eigenvalue weighted by Crippen LogP contribution is -2.56. The van der Waals surface area contributed by atoms with Gasteiger partial charge in [-0.3, -0.25) is 16.0 Å². The van der Waals surface area contributed by atoms with E-state index in [1.165, 1.54) is 77.4 Å². The number of hydrogen-bond donors (Lipinski definition) is 3. The predicted octanol–water partition coefficient (Wildman–Crippen LogP) is 11.5. The highest BCUT2D eigenvalue weighted by atomic mass is 15.4. The molecule has 3 N–H and O–H groups in total. The maximum atomic E-state index is 4.01. The molecule has 0 spiro atoms. The topological polar surface area (TPSA) is 41.0 Å². The smallest absolute Gasteiger partial charge is 0.142 e. The lowest BCUT2D eigenvalue weighted by atomic mass is 9.67. The minimum absolute atomic E-state index is 0.101. The van der Waals surface area contributed by atoms with E-state index >= 15 is 0 Å². The van der Waals surface area contributed by atoms with Gasteiger partial charge in [0.15, 0.2) is 0 Å². The molecule has 1 fully saturated rings. The quantitative estimate of drug-likeness (QED) is 0.160. The fourth-order valence-corrected chi connectivity index (χ4v) is 9.61. The van der Waals surface area contributed by atoms with Crippen molar-refractivity contribution in [2.45, 2.75) is 24.0 Å². The van der Waals surface area contributed by atoms with Crippen molar-refractivity contribution in [1.29, 1.82) is 0 Å². The molecule has 2 unspecified atom stereocenters. The summed E-state index contributed by atoms with van der Waals surface area (Å²) in [6.45, 7) is 0. The van der Waals surface area contributed by atoms with Gasteiger partial charge >= 0.3 is 0 Å². The summed E-state index contributed by atoms with van der Waals surface area (Å²) < 4.78 is 2.51. The van der Waals surface area contributed by atoms with Crippen molar-refractivity contribution < 1.29 is 0 Å². The minimum atomic E-state index is -0.483. The molecule has 9 aromatic rings. The monoisotopic (exact) mass is 720 g/mol. The second kappa shape index (κ2) is 13.3. The Bertz CT molecular complexity index is 2750. The molecule has 0 bridgehead atoms. The maximum absolute atomic E-state index is 4.01. The maximum Gasteiger partial charge on any atom is 0.142 e. The summed E-state index contributed by atoms with van der Waals surface area (Å²) >= 11 is 0. The summed E-state index contributed by atoms with van der Waals surface area (Å²) in [6, 6.07) is 75.2. The number of aromatic nitrogens is 1. The van der Waals surface area contributed by atoms with Crippen molar-refractivity contribution in [3.63, 3.8) is 0 Å². The normalized spacial score (nSPS) is 18.5. The van der Waals surface area contributed by atoms with Crippen molar-refractivity contribution in [2.75, 3.05) is 0 Å². The molecule has 268 valence electrons. The molecule has 1 aromatic heterocycles. The fraction of sp³-hybridized carbons (Fsp3) is 0.0769. The summed E-state index contributed by atoms with van der Waals surface area (Å²) in [5, 5.41) is 14.4. The van der Waals surface area contributed by atoms with E-state index in [9.17, 15) is 0 Å². The SMILES string of the molecule is c1ccc(-c2ccc3c4c5c(ccc4n(C4NC(c6ccccc6)NC(c6ccccc6)N4)c3c2)C(c2ccccc2)(c2ccccc2)c2ccccc2-5)cc1. The molecule has 1 saturated heterocycles. The van der Waals surface area contributed by atoms with Crippen LogP contribution >= 0.6 is 0 Å². The summed E-state index contributed by atoms with van der Waals surface area (Å²) in [7, 11) is 0. The van der Waals surface area contributed by atoms with Gasteiger partial charge < -0.3 is 4.57 Å². The zero-order valence-corrected chi connectivity index (χ0v) is 30.8. The van der Waals surface area contributed by atoms with Crippen LogP contribution in [0.25, 0.3) is 44.1 Å². The first-order valence-electron chi connectivity index (χ1n) is 19.5. The molecule has 0 radical (unpaired) electrons. The lowest BCUT2D eigenvalue weighted by molar-refractivity contribution is 0.161. The highest BCUT2D eigenvalue weighted by Crippen LogP contribution is 2.59. The number of fused-ring (bicyclic) bond motifs is 7. The first kappa shape index (κ1) is 32.8. The van der Waals surface area contributed by atoms with Gasteiger partial charge in [-0.05, 0) is 67.8 Å². The van der Waals surface area contributed by atoms with E-state index in [0.717, 1.165) is 0 Å². The molecule has 56 heavy (non-hydrogen) atoms. The Balaban J connectivity index is 1.22. The average molecular weight is 721 g/mol. The van der Waals surface area contributed by atoms with Gasteiger partial charge in [-0.15, -0.1) is 0 Å². The van der Waals surface area contributed by atoms with E-state index in [4.69, 9.17) is 0 Å². The molecular formula is C52H40N4. The molecule has 1 aliphatic carbocycles. The average Bonchev–Trinajstić information content (AvgIpc) is 3.78. The number of hydrogen-bond acceptors (Lipinski definition) is 3. The zero-order chi connectivity index (χ0) is 37.1. The van der Waals surface area contributed by atoms with Crippen LogP contribution in [0.15, 0.2) is 206 Å². The van der Waals surface area contributed by atoms with Crippen LogP contribution in [-0.4, -0.2) is 4.57 Å². The van der Waals surface area contributed by atoms with E-state index in [0.29, 0.717) is 0 Å². The minimum Gasteiger partial charge on any atom is -0.311 e. The van der Waals surface area contributed by atoms with Crippen LogP contribution in [0.1, 0.15) is 52.0 Å². The van der Waals surface area contributed by atoms with Crippen molar-refractivity contribution in [3.8, 4) is 22.3 Å². The Morgan fingerprint density at radius 2 is 0.946 bits per heavy atom. The molecule has 2 heterocycles. The summed E-state index contributed by atoms with van der Waals surface area (Å²) in [4.78, 5) is 0. The van der Waals surface area contributed by atoms with Gasteiger partial charge in [0, 0.05) is 10.8 Å². The molecule has 1 aliphatic heterocycles. The van der Waals surface area contributed by atoms with E-state index in [1.807, 2.05) is 0 Å². The third-order valence-corrected chi connectivity index (χ3v) is 12.0. The molecular weight excluding hydrogens is 681 g/mol. The van der Waals surface area contributed by atoms with E-state index in [2.05, 4.69) is 227 Å². The van der Waals surface area contributed by atoms with E-state index < -0.39 is 5.41 Å². The van der Waals surface area contributed by atoms with Gasteiger partial charge in [0.25, 0.3) is 0 Å². The molecule has 0 saturated carbocycles. The number of rotatable bonds is 6. The van der Waals surface area contributed by atoms with E-state index in [-0.39, 0.29) is 18.6 Å². The van der Waals surface area contributed by atoms with Crippen molar-refractivity contribution >= 4 is 21.8 Å². The molecule has 8 aromatic carbocycles. The summed E-state index contributed by atoms with van der Waals surface area (Å²) in [6.07, 6.45) is -0.451. The Kier molecular flexibility index (Phi) is 7.81. The summed E-state index contributed by atoms with van der Waals surface area (Å²) in [5.74, 6) is 0. The Labute approximate surface area is 327 Å². The number of nitrogens with zero attached hydrogens (tertiary/aromatic N) is 1. The van der Waals surface area contributed by atoms with Gasteiger partial charge in [0.2, 0.25) is 0 Å². The van der Waals surface area contributed by atoms with Crippen LogP contribution in [0.2, 0.25) is 0 Å². The van der Waals surface area contributed by atoms with Gasteiger partial charge in [-0.2, -0.15) is 0 Å². The summed E-state index contributed by atoms with van der Waals surface area (Å²) in [5.41, 5.74) is 14.4. The zero-order valence-electron chi connectivity index (χ0n) is 30.8. The van der Waals surface area contributed by atoms with Gasteiger partial charge in [-0.1, -0.05) is 194 Å². The standard InChI is InChI=1S/C52H40N4/c1-6-18-35(19-7-1)38-30-31-42-46(34-38)56(51-54-49(36-20-8-2-9-21-36)53-50(55-51)37-22-10-3-11-23-37)45-33-32-44-47(48(42)45)41-28-16-17-29-43(41)52(44,39-24-12-4-13-25-39)40-26-14-5-15-27-40/h1-34,49-51,53-55H. The van der Waals surface area contributed by atoms with Crippen LogP contribution in [0.3, 0.4) is 0 Å². The predicted molar refractivity (Wildman–Crippen MR) is 229 cm³/mol. The Hall–Kier alpha value is -6.56. The second-order valence-electron chi connectivity index (χ2n) is 15.0. The van der Waals surface area contributed by atoms with Crippen molar-refractivity contribution in [3.05, 3.63) is 240 Å². The molecule has 2 atom stereocenters. The first-order chi connectivity index (χ1) is 27.8. The Morgan fingerprint density at radius 3 is 1.55 bits per heavy atom. The van der Waals surface area contributed by atoms with Crippen LogP contribution in [0, 0.1) is 0 Å². The van der Waals surface area contributed by atoms with Gasteiger partial charge in [-0.25, -0.2) is 0 Å². The van der Waals surface area contributed by atoms with E-state index in [1.54, 1.807) is 0 Å². The van der Waals surface area contributed by atoms with Crippen LogP contribution in [0.4, 0.5) is 0 Å². The molecule has 4 heteroatoms. The van der Waals surface area contributed by atoms with Crippen LogP contribution in [-0.2, 0) is 5.41 Å². The molecule has 2 aliphatic rings. The molecule has 11 rings (SSSR count). The molecule has 4 nitrogen and oxygen atoms in total. The lowest BCUT2D eigenvalue weighted by Gasteiger charge is -2.40. The number of nitrogens with one attached hydrogen (secondary N) is 3. The number of benzene rings is 8. The van der Waals surface area contributed by atoms with Gasteiger partial charge in [0.05, 0.1) is 28.8 Å². The third kappa shape index (κ3) is 5.04. The highest BCUT2D eigenvalue weighted by molar-refractivity contribution is 6.18.